The van der Waals surface area contributed by atoms with Crippen LogP contribution in [0.5, 0.6) is 0 Å². The van der Waals surface area contributed by atoms with Crippen LogP contribution in [0.2, 0.25) is 0 Å². The van der Waals surface area contributed by atoms with E-state index >= 15 is 0 Å². The molecule has 1 unspecified atom stereocenters. The highest BCUT2D eigenvalue weighted by Crippen LogP contribution is 2.26. The van der Waals surface area contributed by atoms with Gasteiger partial charge in [-0.05, 0) is 19.8 Å². The molecule has 0 saturated heterocycles. The maximum absolute atomic E-state index is 11.2. The topological polar surface area (TPSA) is 20.3 Å². The summed E-state index contributed by atoms with van der Waals surface area (Å²) in [5, 5.41) is -0.148. The fourth-order valence-corrected chi connectivity index (χ4v) is 1.12. The molecule has 0 heterocycles. The van der Waals surface area contributed by atoms with Crippen molar-refractivity contribution >= 4 is 18.5 Å². The predicted octanol–water partition coefficient (Wildman–Crippen LogP) is 0.925. The van der Waals surface area contributed by atoms with Gasteiger partial charge in [0, 0.05) is 13.1 Å². The Kier molecular flexibility index (Phi) is 2.24. The first-order chi connectivity index (χ1) is 4.63. The Hall–Kier alpha value is -0.180. The number of nitrogens with zero attached hydrogens (tertiary/aromatic N) is 1. The second kappa shape index (κ2) is 2.82. The van der Waals surface area contributed by atoms with E-state index in [9.17, 15) is 4.79 Å². The van der Waals surface area contributed by atoms with Crippen molar-refractivity contribution in [3.63, 3.8) is 0 Å². The fourth-order valence-electron chi connectivity index (χ4n) is 0.936. The van der Waals surface area contributed by atoms with Gasteiger partial charge in [-0.2, -0.15) is 12.6 Å². The third-order valence-corrected chi connectivity index (χ3v) is 2.02. The fraction of sp³-hybridized carbons (Fsp3) is 0.857. The molecule has 3 heteroatoms. The normalized spacial score (nSPS) is 20.3. The third kappa shape index (κ3) is 1.66. The van der Waals surface area contributed by atoms with E-state index in [0.717, 1.165) is 0 Å². The zero-order chi connectivity index (χ0) is 7.72. The van der Waals surface area contributed by atoms with Crippen LogP contribution in [0.3, 0.4) is 0 Å². The average molecular weight is 159 g/mol. The minimum Gasteiger partial charge on any atom is -0.342 e. The number of rotatable bonds is 2. The van der Waals surface area contributed by atoms with E-state index in [2.05, 4.69) is 12.6 Å². The van der Waals surface area contributed by atoms with E-state index in [-0.39, 0.29) is 11.2 Å². The molecular formula is C7H13NOS. The molecule has 2 nitrogen and oxygen atoms in total. The average Bonchev–Trinajstić information content (AvgIpc) is 2.65. The molecule has 0 aromatic rings. The lowest BCUT2D eigenvalue weighted by Gasteiger charge is -2.17. The quantitative estimate of drug-likeness (QED) is 0.594. The van der Waals surface area contributed by atoms with Crippen LogP contribution in [0.4, 0.5) is 0 Å². The molecule has 1 fully saturated rings. The Labute approximate surface area is 67.0 Å². The number of hydrogen-bond acceptors (Lipinski definition) is 2. The van der Waals surface area contributed by atoms with E-state index in [4.69, 9.17) is 0 Å². The molecule has 0 N–H and O–H groups in total. The largest absolute Gasteiger partial charge is 0.342 e. The number of amides is 1. The molecule has 0 aromatic carbocycles. The van der Waals surface area contributed by atoms with Gasteiger partial charge in [0.1, 0.15) is 0 Å². The number of carbonyl (C=O) groups excluding carboxylic acids is 1. The zero-order valence-electron chi connectivity index (χ0n) is 6.37. The summed E-state index contributed by atoms with van der Waals surface area (Å²) in [6.07, 6.45) is 2.34. The summed E-state index contributed by atoms with van der Waals surface area (Å²) < 4.78 is 0. The third-order valence-electron chi connectivity index (χ3n) is 1.80. The Morgan fingerprint density at radius 2 is 2.20 bits per heavy atom. The molecule has 1 saturated carbocycles. The van der Waals surface area contributed by atoms with Crippen LogP contribution in [-0.2, 0) is 4.79 Å². The molecule has 0 spiro atoms. The number of carbonyl (C=O) groups is 1. The molecule has 58 valence electrons. The van der Waals surface area contributed by atoms with Crippen molar-refractivity contribution in [2.24, 2.45) is 0 Å². The van der Waals surface area contributed by atoms with Crippen molar-refractivity contribution in [3.05, 3.63) is 0 Å². The summed E-state index contributed by atoms with van der Waals surface area (Å²) in [6.45, 7) is 1.81. The smallest absolute Gasteiger partial charge is 0.235 e. The molecule has 1 aliphatic rings. The van der Waals surface area contributed by atoms with E-state index in [0.29, 0.717) is 6.04 Å². The van der Waals surface area contributed by atoms with Gasteiger partial charge in [-0.3, -0.25) is 4.79 Å². The predicted molar refractivity (Wildman–Crippen MR) is 44.2 cm³/mol. The molecule has 0 radical (unpaired) electrons. The lowest BCUT2D eigenvalue weighted by Crippen LogP contribution is -2.33. The molecule has 0 bridgehead atoms. The van der Waals surface area contributed by atoms with Gasteiger partial charge in [0.2, 0.25) is 5.91 Å². The van der Waals surface area contributed by atoms with Crippen LogP contribution in [0.25, 0.3) is 0 Å². The van der Waals surface area contributed by atoms with E-state index < -0.39 is 0 Å². The standard InChI is InChI=1S/C7H13NOS/c1-5(10)7(9)8(2)6-3-4-6/h5-6,10H,3-4H2,1-2H3. The molecule has 1 amide bonds. The van der Waals surface area contributed by atoms with Crippen molar-refractivity contribution in [2.45, 2.75) is 31.1 Å². The Morgan fingerprint density at radius 1 is 1.70 bits per heavy atom. The highest BCUT2D eigenvalue weighted by atomic mass is 32.1. The summed E-state index contributed by atoms with van der Waals surface area (Å²) in [5.41, 5.74) is 0. The number of hydrogen-bond donors (Lipinski definition) is 1. The lowest BCUT2D eigenvalue weighted by molar-refractivity contribution is -0.129. The molecule has 10 heavy (non-hydrogen) atoms. The molecule has 1 atom stereocenters. The van der Waals surface area contributed by atoms with Crippen LogP contribution >= 0.6 is 12.6 Å². The summed E-state index contributed by atoms with van der Waals surface area (Å²) in [6, 6.07) is 0.516. The van der Waals surface area contributed by atoms with Gasteiger partial charge in [0.25, 0.3) is 0 Å². The summed E-state index contributed by atoms with van der Waals surface area (Å²) in [5.74, 6) is 0.144. The minimum atomic E-state index is -0.148. The molecule has 1 rings (SSSR count). The van der Waals surface area contributed by atoms with Crippen LogP contribution in [0.15, 0.2) is 0 Å². The maximum Gasteiger partial charge on any atom is 0.235 e. The minimum absolute atomic E-state index is 0.144. The van der Waals surface area contributed by atoms with Crippen LogP contribution in [0.1, 0.15) is 19.8 Å². The van der Waals surface area contributed by atoms with E-state index in [1.165, 1.54) is 12.8 Å². The summed E-state index contributed by atoms with van der Waals surface area (Å²) in [4.78, 5) is 13.0. The highest BCUT2D eigenvalue weighted by Gasteiger charge is 2.30. The van der Waals surface area contributed by atoms with Gasteiger partial charge in [-0.15, -0.1) is 0 Å². The van der Waals surface area contributed by atoms with Crippen molar-refractivity contribution < 1.29 is 4.79 Å². The molecule has 0 aromatic heterocycles. The van der Waals surface area contributed by atoms with Gasteiger partial charge >= 0.3 is 0 Å². The Morgan fingerprint density at radius 3 is 2.50 bits per heavy atom. The first kappa shape index (κ1) is 7.92. The van der Waals surface area contributed by atoms with Crippen molar-refractivity contribution in [1.82, 2.24) is 4.90 Å². The molecule has 0 aliphatic heterocycles. The zero-order valence-corrected chi connectivity index (χ0v) is 7.27. The lowest BCUT2D eigenvalue weighted by atomic mass is 10.4. The Balaban J connectivity index is 2.38. The summed E-state index contributed by atoms with van der Waals surface area (Å²) >= 11 is 4.06. The van der Waals surface area contributed by atoms with Gasteiger partial charge in [-0.25, -0.2) is 0 Å². The van der Waals surface area contributed by atoms with E-state index in [1.807, 2.05) is 14.0 Å². The Bertz CT molecular complexity index is 143. The van der Waals surface area contributed by atoms with E-state index in [1.54, 1.807) is 4.90 Å². The highest BCUT2D eigenvalue weighted by molar-refractivity contribution is 7.81. The van der Waals surface area contributed by atoms with Crippen LogP contribution < -0.4 is 0 Å². The van der Waals surface area contributed by atoms with Crippen molar-refractivity contribution in [3.8, 4) is 0 Å². The SMILES string of the molecule is CC(S)C(=O)N(C)C1CC1. The second-order valence-corrected chi connectivity index (χ2v) is 3.63. The number of thiol groups is 1. The van der Waals surface area contributed by atoms with Crippen molar-refractivity contribution in [1.29, 1.82) is 0 Å². The van der Waals surface area contributed by atoms with Crippen LogP contribution in [0, 0.1) is 0 Å². The summed E-state index contributed by atoms with van der Waals surface area (Å²) in [7, 11) is 1.85. The van der Waals surface area contributed by atoms with Gasteiger partial charge in [-0.1, -0.05) is 0 Å². The molecule has 1 aliphatic carbocycles. The van der Waals surface area contributed by atoms with Gasteiger partial charge in [0.15, 0.2) is 0 Å². The van der Waals surface area contributed by atoms with Gasteiger partial charge < -0.3 is 4.90 Å². The van der Waals surface area contributed by atoms with Crippen LogP contribution in [-0.4, -0.2) is 29.1 Å². The first-order valence-electron chi connectivity index (χ1n) is 3.57. The molecular weight excluding hydrogens is 146 g/mol. The second-order valence-electron chi connectivity index (χ2n) is 2.86. The van der Waals surface area contributed by atoms with Crippen molar-refractivity contribution in [2.75, 3.05) is 7.05 Å². The first-order valence-corrected chi connectivity index (χ1v) is 4.09. The maximum atomic E-state index is 11.2. The monoisotopic (exact) mass is 159 g/mol. The van der Waals surface area contributed by atoms with Gasteiger partial charge in [0.05, 0.1) is 5.25 Å².